The Kier molecular flexibility index (Phi) is 5.51. The summed E-state index contributed by atoms with van der Waals surface area (Å²) in [6.45, 7) is 16.5. The van der Waals surface area contributed by atoms with Crippen molar-refractivity contribution in [1.82, 2.24) is 0 Å². The molecule has 3 heteroatoms. The van der Waals surface area contributed by atoms with Crippen LogP contribution in [0, 0.1) is 11.8 Å². The van der Waals surface area contributed by atoms with E-state index in [4.69, 9.17) is 9.53 Å². The Labute approximate surface area is 96.2 Å². The van der Waals surface area contributed by atoms with Crippen molar-refractivity contribution in [2.75, 3.05) is 13.2 Å². The molecule has 0 bridgehead atoms. The van der Waals surface area contributed by atoms with E-state index in [9.17, 15) is 0 Å². The van der Waals surface area contributed by atoms with Gasteiger partial charge in [0.1, 0.15) is 0 Å². The first-order valence-corrected chi connectivity index (χ1v) is 8.77. The standard InChI is InChI=1S/C12H28O2Si/c1-10(8-13)11(2)9-14-15(6,7)12(3,4)5/h10-11,13H,8-9H2,1-7H3/t10-,11+/m1/s1. The number of aliphatic hydroxyl groups is 1. The lowest BCUT2D eigenvalue weighted by Crippen LogP contribution is -2.42. The van der Waals surface area contributed by atoms with Crippen molar-refractivity contribution in [2.45, 2.75) is 52.8 Å². The Hall–Kier alpha value is 0.137. The predicted octanol–water partition coefficient (Wildman–Crippen LogP) is 3.27. The van der Waals surface area contributed by atoms with Crippen molar-refractivity contribution in [2.24, 2.45) is 11.8 Å². The molecule has 0 aliphatic rings. The van der Waals surface area contributed by atoms with E-state index in [2.05, 4.69) is 47.7 Å². The quantitative estimate of drug-likeness (QED) is 0.737. The molecular weight excluding hydrogens is 204 g/mol. The second kappa shape index (κ2) is 5.46. The maximum atomic E-state index is 9.05. The molecule has 1 N–H and O–H groups in total. The van der Waals surface area contributed by atoms with Gasteiger partial charge in [0, 0.05) is 13.2 Å². The Morgan fingerprint density at radius 2 is 1.60 bits per heavy atom. The Balaban J connectivity index is 4.16. The van der Waals surface area contributed by atoms with Crippen LogP contribution < -0.4 is 0 Å². The van der Waals surface area contributed by atoms with E-state index in [1.54, 1.807) is 0 Å². The molecular formula is C12H28O2Si. The second-order valence-electron chi connectivity index (χ2n) is 6.21. The molecule has 0 saturated carbocycles. The summed E-state index contributed by atoms with van der Waals surface area (Å²) in [5.41, 5.74) is 0. The molecule has 0 saturated heterocycles. The molecule has 0 fully saturated rings. The molecule has 2 nitrogen and oxygen atoms in total. The van der Waals surface area contributed by atoms with E-state index in [-0.39, 0.29) is 11.6 Å². The lowest BCUT2D eigenvalue weighted by Gasteiger charge is -2.37. The van der Waals surface area contributed by atoms with Crippen LogP contribution in [0.4, 0.5) is 0 Å². The van der Waals surface area contributed by atoms with Gasteiger partial charge in [0.15, 0.2) is 8.32 Å². The van der Waals surface area contributed by atoms with E-state index >= 15 is 0 Å². The first-order chi connectivity index (χ1) is 6.62. The summed E-state index contributed by atoms with van der Waals surface area (Å²) >= 11 is 0. The van der Waals surface area contributed by atoms with Gasteiger partial charge in [-0.3, -0.25) is 0 Å². The molecule has 0 aromatic rings. The van der Waals surface area contributed by atoms with Crippen molar-refractivity contribution in [3.8, 4) is 0 Å². The third-order valence-electron chi connectivity index (χ3n) is 3.77. The highest BCUT2D eigenvalue weighted by molar-refractivity contribution is 6.74. The largest absolute Gasteiger partial charge is 0.417 e. The molecule has 0 rings (SSSR count). The van der Waals surface area contributed by atoms with Crippen molar-refractivity contribution < 1.29 is 9.53 Å². The normalized spacial score (nSPS) is 17.6. The first-order valence-electron chi connectivity index (χ1n) is 5.86. The molecule has 0 unspecified atom stereocenters. The van der Waals surface area contributed by atoms with Crippen LogP contribution in [0.2, 0.25) is 18.1 Å². The lowest BCUT2D eigenvalue weighted by atomic mass is 9.98. The third kappa shape index (κ3) is 4.66. The van der Waals surface area contributed by atoms with Crippen molar-refractivity contribution >= 4 is 8.32 Å². The summed E-state index contributed by atoms with van der Waals surface area (Å²) in [5, 5.41) is 9.32. The van der Waals surface area contributed by atoms with Crippen LogP contribution in [0.1, 0.15) is 34.6 Å². The zero-order chi connectivity index (χ0) is 12.3. The minimum absolute atomic E-state index is 0.252. The summed E-state index contributed by atoms with van der Waals surface area (Å²) in [5.74, 6) is 0.763. The van der Waals surface area contributed by atoms with Gasteiger partial charge in [-0.05, 0) is 30.0 Å². The molecule has 0 aliphatic carbocycles. The minimum atomic E-state index is -1.61. The van der Waals surface area contributed by atoms with Crippen LogP contribution in [0.25, 0.3) is 0 Å². The van der Waals surface area contributed by atoms with Gasteiger partial charge in [0.2, 0.25) is 0 Å². The topological polar surface area (TPSA) is 29.5 Å². The van der Waals surface area contributed by atoms with Crippen LogP contribution in [0.5, 0.6) is 0 Å². The summed E-state index contributed by atoms with van der Waals surface area (Å²) in [7, 11) is -1.61. The smallest absolute Gasteiger partial charge is 0.191 e. The van der Waals surface area contributed by atoms with Gasteiger partial charge in [-0.25, -0.2) is 0 Å². The molecule has 0 aliphatic heterocycles. The third-order valence-corrected chi connectivity index (χ3v) is 8.27. The van der Waals surface area contributed by atoms with E-state index < -0.39 is 8.32 Å². The SMILES string of the molecule is C[C@H](CO)[C@@H](C)CO[Si](C)(C)C(C)(C)C. The molecule has 0 amide bonds. The maximum absolute atomic E-state index is 9.05. The van der Waals surface area contributed by atoms with Crippen LogP contribution >= 0.6 is 0 Å². The maximum Gasteiger partial charge on any atom is 0.191 e. The predicted molar refractivity (Wildman–Crippen MR) is 68.6 cm³/mol. The highest BCUT2D eigenvalue weighted by atomic mass is 28.4. The van der Waals surface area contributed by atoms with Crippen LogP contribution in [0.15, 0.2) is 0 Å². The van der Waals surface area contributed by atoms with E-state index in [0.717, 1.165) is 6.61 Å². The monoisotopic (exact) mass is 232 g/mol. The fourth-order valence-corrected chi connectivity index (χ4v) is 2.01. The highest BCUT2D eigenvalue weighted by Gasteiger charge is 2.37. The summed E-state index contributed by atoms with van der Waals surface area (Å²) in [4.78, 5) is 0. The molecule has 15 heavy (non-hydrogen) atoms. The van der Waals surface area contributed by atoms with Gasteiger partial charge in [-0.15, -0.1) is 0 Å². The zero-order valence-corrected chi connectivity index (χ0v) is 12.4. The van der Waals surface area contributed by atoms with Crippen LogP contribution in [-0.4, -0.2) is 26.6 Å². The summed E-state index contributed by atoms with van der Waals surface area (Å²) < 4.78 is 6.11. The fraction of sp³-hybridized carbons (Fsp3) is 1.00. The molecule has 92 valence electrons. The summed E-state index contributed by atoms with van der Waals surface area (Å²) in [6.07, 6.45) is 0. The van der Waals surface area contributed by atoms with Crippen molar-refractivity contribution in [3.63, 3.8) is 0 Å². The molecule has 0 spiro atoms. The molecule has 0 aromatic heterocycles. The fourth-order valence-electron chi connectivity index (χ4n) is 0.900. The number of hydrogen-bond acceptors (Lipinski definition) is 2. The van der Waals surface area contributed by atoms with Crippen LogP contribution in [-0.2, 0) is 4.43 Å². The number of hydrogen-bond donors (Lipinski definition) is 1. The zero-order valence-electron chi connectivity index (χ0n) is 11.4. The Morgan fingerprint density at radius 3 is 1.93 bits per heavy atom. The Bertz CT molecular complexity index is 185. The average molecular weight is 232 g/mol. The second-order valence-corrected chi connectivity index (χ2v) is 11.0. The molecule has 0 radical (unpaired) electrons. The minimum Gasteiger partial charge on any atom is -0.417 e. The van der Waals surface area contributed by atoms with E-state index in [1.165, 1.54) is 0 Å². The summed E-state index contributed by atoms with van der Waals surface area (Å²) in [6, 6.07) is 0. The van der Waals surface area contributed by atoms with E-state index in [1.807, 2.05) is 0 Å². The van der Waals surface area contributed by atoms with Gasteiger partial charge < -0.3 is 9.53 Å². The van der Waals surface area contributed by atoms with E-state index in [0.29, 0.717) is 11.8 Å². The lowest BCUT2D eigenvalue weighted by molar-refractivity contribution is 0.144. The van der Waals surface area contributed by atoms with Gasteiger partial charge in [-0.2, -0.15) is 0 Å². The first kappa shape index (κ1) is 15.1. The van der Waals surface area contributed by atoms with Gasteiger partial charge in [-0.1, -0.05) is 34.6 Å². The average Bonchev–Trinajstić information content (AvgIpc) is 2.11. The molecule has 2 atom stereocenters. The van der Waals surface area contributed by atoms with Crippen LogP contribution in [0.3, 0.4) is 0 Å². The van der Waals surface area contributed by atoms with Crippen molar-refractivity contribution in [1.29, 1.82) is 0 Å². The Morgan fingerprint density at radius 1 is 1.13 bits per heavy atom. The van der Waals surface area contributed by atoms with Gasteiger partial charge >= 0.3 is 0 Å². The van der Waals surface area contributed by atoms with Gasteiger partial charge in [0.25, 0.3) is 0 Å². The van der Waals surface area contributed by atoms with Gasteiger partial charge in [0.05, 0.1) is 0 Å². The molecule has 0 aromatic carbocycles. The number of rotatable bonds is 5. The van der Waals surface area contributed by atoms with Crippen molar-refractivity contribution in [3.05, 3.63) is 0 Å². The number of aliphatic hydroxyl groups excluding tert-OH is 1. The molecule has 0 heterocycles. The highest BCUT2D eigenvalue weighted by Crippen LogP contribution is 2.36.